The quantitative estimate of drug-likeness (QED) is 0.471. The fraction of sp³-hybridized carbons (Fsp3) is 0.290. The highest BCUT2D eigenvalue weighted by atomic mass is 19.1. The molecule has 11 heteroatoms. The van der Waals surface area contributed by atoms with Crippen molar-refractivity contribution < 1.29 is 32.3 Å². The molecule has 0 saturated carbocycles. The van der Waals surface area contributed by atoms with Crippen LogP contribution in [0.5, 0.6) is 0 Å². The number of fused-ring (bicyclic) bond motifs is 1. The van der Waals surface area contributed by atoms with Gasteiger partial charge in [-0.25, -0.2) is 13.2 Å². The lowest BCUT2D eigenvalue weighted by Crippen LogP contribution is -2.52. The van der Waals surface area contributed by atoms with Crippen LogP contribution in [0.25, 0.3) is 0 Å². The van der Waals surface area contributed by atoms with E-state index in [0.717, 1.165) is 0 Å². The third-order valence-corrected chi connectivity index (χ3v) is 8.18. The maximum absolute atomic E-state index is 15.7. The van der Waals surface area contributed by atoms with E-state index in [2.05, 4.69) is 5.32 Å². The molecule has 0 aromatic heterocycles. The molecule has 6 rings (SSSR count). The lowest BCUT2D eigenvalue weighted by Gasteiger charge is -2.40. The smallest absolute Gasteiger partial charge is 0.256 e. The van der Waals surface area contributed by atoms with Crippen LogP contribution in [-0.2, 0) is 16.1 Å². The minimum Gasteiger partial charge on any atom is -0.336 e. The van der Waals surface area contributed by atoms with Crippen molar-refractivity contribution in [1.82, 2.24) is 20.0 Å². The predicted molar refractivity (Wildman–Crippen MR) is 145 cm³/mol. The van der Waals surface area contributed by atoms with Gasteiger partial charge >= 0.3 is 0 Å². The van der Waals surface area contributed by atoms with Gasteiger partial charge in [0.25, 0.3) is 11.8 Å². The number of piperidine rings is 1. The summed E-state index contributed by atoms with van der Waals surface area (Å²) < 4.78 is 44.0. The molecule has 2 fully saturated rings. The molecular formula is C31H27F3N4O4. The Morgan fingerprint density at radius 3 is 2.10 bits per heavy atom. The highest BCUT2D eigenvalue weighted by molar-refractivity contribution is 6.06. The second kappa shape index (κ2) is 11.1. The van der Waals surface area contributed by atoms with Crippen LogP contribution >= 0.6 is 0 Å². The molecule has 42 heavy (non-hydrogen) atoms. The molecule has 3 aromatic carbocycles. The third kappa shape index (κ3) is 5.04. The zero-order chi connectivity index (χ0) is 29.5. The Morgan fingerprint density at radius 2 is 1.50 bits per heavy atom. The number of halogens is 3. The highest BCUT2D eigenvalue weighted by Crippen LogP contribution is 2.33. The summed E-state index contributed by atoms with van der Waals surface area (Å²) in [6.07, 6.45) is 0.225. The lowest BCUT2D eigenvalue weighted by molar-refractivity contribution is -0.136. The van der Waals surface area contributed by atoms with Crippen LogP contribution in [0.1, 0.15) is 56.3 Å². The molecule has 1 N–H and O–H groups in total. The summed E-state index contributed by atoms with van der Waals surface area (Å²) in [6.45, 7) is 1.06. The van der Waals surface area contributed by atoms with Gasteiger partial charge in [-0.15, -0.1) is 0 Å². The van der Waals surface area contributed by atoms with Gasteiger partial charge in [-0.3, -0.25) is 29.4 Å². The maximum atomic E-state index is 15.7. The third-order valence-electron chi connectivity index (χ3n) is 8.18. The van der Waals surface area contributed by atoms with Gasteiger partial charge in [0.15, 0.2) is 0 Å². The summed E-state index contributed by atoms with van der Waals surface area (Å²) in [5.41, 5.74) is 1.26. The van der Waals surface area contributed by atoms with Gasteiger partial charge in [0, 0.05) is 43.7 Å². The van der Waals surface area contributed by atoms with Crippen LogP contribution in [0.2, 0.25) is 0 Å². The van der Waals surface area contributed by atoms with E-state index in [1.807, 2.05) is 4.90 Å². The van der Waals surface area contributed by atoms with Crippen molar-refractivity contribution in [3.8, 4) is 0 Å². The first-order valence-electron chi connectivity index (χ1n) is 13.7. The Bertz CT molecular complexity index is 1560. The minimum atomic E-state index is -0.890. The van der Waals surface area contributed by atoms with Crippen molar-refractivity contribution in [2.45, 2.75) is 31.5 Å². The minimum absolute atomic E-state index is 0.0476. The first-order valence-corrected chi connectivity index (χ1v) is 13.7. The molecule has 2 saturated heterocycles. The number of nitrogens with zero attached hydrogens (tertiary/aromatic N) is 3. The Labute approximate surface area is 239 Å². The average Bonchev–Trinajstić information content (AvgIpc) is 3.30. The van der Waals surface area contributed by atoms with E-state index in [9.17, 15) is 28.0 Å². The first-order chi connectivity index (χ1) is 20.2. The number of nitrogens with one attached hydrogen (secondary N) is 1. The standard InChI is InChI=1S/C31H27F3N4O4/c32-20-5-1-3-18(15-20)28(19-4-2-6-21(33)16-19)36-11-13-37(14-12-36)30(41)23-8-7-22-24(27(23)34)17-38(31(22)42)25-9-10-26(39)35-29(25)40/h1-8,15-16,25,28H,9-14,17H2,(H,35,39,40). The van der Waals surface area contributed by atoms with E-state index in [1.54, 1.807) is 24.3 Å². The zero-order valence-corrected chi connectivity index (χ0v) is 22.5. The Kier molecular flexibility index (Phi) is 7.28. The molecule has 0 aliphatic carbocycles. The van der Waals surface area contributed by atoms with Gasteiger partial charge in [0.05, 0.1) is 18.2 Å². The Hall–Kier alpha value is -4.51. The van der Waals surface area contributed by atoms with E-state index in [-0.39, 0.29) is 49.2 Å². The second-order valence-electron chi connectivity index (χ2n) is 10.7. The number of hydrogen-bond donors (Lipinski definition) is 1. The molecule has 4 amide bonds. The topological polar surface area (TPSA) is 90.0 Å². The van der Waals surface area contributed by atoms with Gasteiger partial charge in [-0.05, 0) is 53.9 Å². The molecule has 3 heterocycles. The summed E-state index contributed by atoms with van der Waals surface area (Å²) >= 11 is 0. The van der Waals surface area contributed by atoms with Crippen LogP contribution in [-0.4, -0.2) is 70.5 Å². The molecule has 0 bridgehead atoms. The molecule has 0 radical (unpaired) electrons. The largest absolute Gasteiger partial charge is 0.336 e. The Balaban J connectivity index is 1.19. The molecule has 0 spiro atoms. The van der Waals surface area contributed by atoms with Crippen molar-refractivity contribution in [1.29, 1.82) is 0 Å². The number of piperazine rings is 1. The number of amides is 4. The van der Waals surface area contributed by atoms with E-state index in [4.69, 9.17) is 0 Å². The van der Waals surface area contributed by atoms with E-state index >= 15 is 4.39 Å². The van der Waals surface area contributed by atoms with Crippen molar-refractivity contribution in [2.75, 3.05) is 26.2 Å². The van der Waals surface area contributed by atoms with Gasteiger partial charge in [0.1, 0.15) is 23.5 Å². The fourth-order valence-electron chi connectivity index (χ4n) is 6.09. The average molecular weight is 577 g/mol. The summed E-state index contributed by atoms with van der Waals surface area (Å²) in [4.78, 5) is 55.1. The molecule has 1 atom stereocenters. The predicted octanol–water partition coefficient (Wildman–Crippen LogP) is 3.41. The maximum Gasteiger partial charge on any atom is 0.256 e. The van der Waals surface area contributed by atoms with Crippen molar-refractivity contribution in [2.24, 2.45) is 0 Å². The number of hydrogen-bond acceptors (Lipinski definition) is 5. The van der Waals surface area contributed by atoms with E-state index in [1.165, 1.54) is 46.2 Å². The van der Waals surface area contributed by atoms with Crippen molar-refractivity contribution >= 4 is 23.6 Å². The Morgan fingerprint density at radius 1 is 0.857 bits per heavy atom. The number of carbonyl (C=O) groups is 4. The summed E-state index contributed by atoms with van der Waals surface area (Å²) in [7, 11) is 0. The van der Waals surface area contributed by atoms with Crippen molar-refractivity contribution in [3.63, 3.8) is 0 Å². The van der Waals surface area contributed by atoms with E-state index in [0.29, 0.717) is 24.2 Å². The molecule has 1 unspecified atom stereocenters. The number of benzene rings is 3. The normalized spacial score (nSPS) is 19.3. The summed E-state index contributed by atoms with van der Waals surface area (Å²) in [5, 5.41) is 2.21. The van der Waals surface area contributed by atoms with Gasteiger partial charge in [0.2, 0.25) is 11.8 Å². The number of rotatable bonds is 5. The molecule has 8 nitrogen and oxygen atoms in total. The molecule has 3 aromatic rings. The summed E-state index contributed by atoms with van der Waals surface area (Å²) in [5.74, 6) is -3.70. The lowest BCUT2D eigenvalue weighted by atomic mass is 9.96. The van der Waals surface area contributed by atoms with Crippen molar-refractivity contribution in [3.05, 3.63) is 106 Å². The van der Waals surface area contributed by atoms with Crippen LogP contribution in [0.15, 0.2) is 60.7 Å². The number of carbonyl (C=O) groups excluding carboxylic acids is 4. The van der Waals surface area contributed by atoms with Crippen LogP contribution in [0.3, 0.4) is 0 Å². The van der Waals surface area contributed by atoms with Gasteiger partial charge in [-0.1, -0.05) is 24.3 Å². The molecule has 216 valence electrons. The fourth-order valence-corrected chi connectivity index (χ4v) is 6.09. The highest BCUT2D eigenvalue weighted by Gasteiger charge is 2.41. The second-order valence-corrected chi connectivity index (χ2v) is 10.7. The first kappa shape index (κ1) is 27.6. The van der Waals surface area contributed by atoms with Gasteiger partial charge < -0.3 is 9.80 Å². The van der Waals surface area contributed by atoms with Gasteiger partial charge in [-0.2, -0.15) is 0 Å². The van der Waals surface area contributed by atoms with Crippen LogP contribution in [0.4, 0.5) is 13.2 Å². The number of imide groups is 1. The molecule has 3 aliphatic heterocycles. The molecular weight excluding hydrogens is 549 g/mol. The molecule has 3 aliphatic rings. The zero-order valence-electron chi connectivity index (χ0n) is 22.5. The van der Waals surface area contributed by atoms with E-state index < -0.39 is 53.2 Å². The SMILES string of the molecule is O=C1CCC(N2Cc3c(ccc(C(=O)N4CCN(C(c5cccc(F)c5)c5cccc(F)c5)CC4)c3F)C2=O)C(=O)N1. The monoisotopic (exact) mass is 576 g/mol. The van der Waals surface area contributed by atoms with Crippen LogP contribution < -0.4 is 5.32 Å². The summed E-state index contributed by atoms with van der Waals surface area (Å²) in [6, 6.07) is 13.6. The van der Waals surface area contributed by atoms with Crippen LogP contribution in [0, 0.1) is 17.5 Å².